The first kappa shape index (κ1) is 18.1. The van der Waals surface area contributed by atoms with Crippen LogP contribution in [0.3, 0.4) is 0 Å². The smallest absolute Gasteiger partial charge is 0.261 e. The molecular weight excluding hydrogens is 348 g/mol. The number of thiophene rings is 1. The largest absolute Gasteiger partial charge is 0.351 e. The summed E-state index contributed by atoms with van der Waals surface area (Å²) in [5.74, 6) is 0.665. The second-order valence-electron chi connectivity index (χ2n) is 6.41. The number of nitrogens with zero attached hydrogens (tertiary/aromatic N) is 1. The fourth-order valence-electron chi connectivity index (χ4n) is 2.70. The van der Waals surface area contributed by atoms with Crippen LogP contribution in [-0.4, -0.2) is 28.3 Å². The molecule has 7 heteroatoms. The normalized spacial score (nSPS) is 12.3. The van der Waals surface area contributed by atoms with Gasteiger partial charge in [0.05, 0.1) is 22.0 Å². The molecule has 0 aliphatic heterocycles. The van der Waals surface area contributed by atoms with Crippen LogP contribution in [0, 0.1) is 5.92 Å². The zero-order valence-electron chi connectivity index (χ0n) is 14.8. The van der Waals surface area contributed by atoms with E-state index in [1.165, 1.54) is 11.3 Å². The Balaban J connectivity index is 1.57. The van der Waals surface area contributed by atoms with Crippen molar-refractivity contribution < 1.29 is 9.59 Å². The number of hydrogen-bond acceptors (Lipinski definition) is 4. The minimum atomic E-state index is -0.206. The summed E-state index contributed by atoms with van der Waals surface area (Å²) in [6.45, 7) is 4.38. The first-order chi connectivity index (χ1) is 12.5. The highest BCUT2D eigenvalue weighted by Gasteiger charge is 2.21. The molecule has 2 amide bonds. The molecule has 0 fully saturated rings. The molecule has 2 heterocycles. The van der Waals surface area contributed by atoms with Gasteiger partial charge in [0.1, 0.15) is 5.82 Å². The molecule has 3 N–H and O–H groups in total. The number of para-hydroxylation sites is 2. The van der Waals surface area contributed by atoms with Crippen molar-refractivity contribution in [3.8, 4) is 0 Å². The molecule has 0 saturated carbocycles. The number of imidazole rings is 1. The van der Waals surface area contributed by atoms with Gasteiger partial charge in [-0.1, -0.05) is 32.0 Å². The molecule has 3 rings (SSSR count). The highest BCUT2D eigenvalue weighted by Crippen LogP contribution is 2.22. The minimum Gasteiger partial charge on any atom is -0.351 e. The number of rotatable bonds is 7. The molecule has 1 aromatic carbocycles. The van der Waals surface area contributed by atoms with E-state index in [0.717, 1.165) is 16.9 Å². The predicted molar refractivity (Wildman–Crippen MR) is 103 cm³/mol. The maximum atomic E-state index is 12.3. The van der Waals surface area contributed by atoms with Gasteiger partial charge in [-0.15, -0.1) is 11.3 Å². The number of aromatic amines is 1. The number of carbonyl (C=O) groups excluding carboxylic acids is 2. The van der Waals surface area contributed by atoms with E-state index in [1.54, 1.807) is 6.07 Å². The van der Waals surface area contributed by atoms with Gasteiger partial charge in [-0.3, -0.25) is 9.59 Å². The van der Waals surface area contributed by atoms with E-state index in [2.05, 4.69) is 20.6 Å². The number of amides is 2. The number of aromatic nitrogens is 2. The zero-order valence-corrected chi connectivity index (χ0v) is 15.6. The van der Waals surface area contributed by atoms with Crippen molar-refractivity contribution in [3.63, 3.8) is 0 Å². The molecule has 26 heavy (non-hydrogen) atoms. The summed E-state index contributed by atoms with van der Waals surface area (Å²) in [7, 11) is 0. The van der Waals surface area contributed by atoms with E-state index in [0.29, 0.717) is 11.4 Å². The molecule has 0 bridgehead atoms. The van der Waals surface area contributed by atoms with Crippen LogP contribution in [0.15, 0.2) is 41.8 Å². The molecule has 3 aromatic rings. The van der Waals surface area contributed by atoms with Crippen molar-refractivity contribution in [1.82, 2.24) is 20.6 Å². The first-order valence-corrected chi connectivity index (χ1v) is 9.48. The second-order valence-corrected chi connectivity index (χ2v) is 7.36. The summed E-state index contributed by atoms with van der Waals surface area (Å²) in [5.41, 5.74) is 1.83. The lowest BCUT2D eigenvalue weighted by Gasteiger charge is -2.20. The van der Waals surface area contributed by atoms with Gasteiger partial charge in [0.25, 0.3) is 5.91 Å². The van der Waals surface area contributed by atoms with Crippen LogP contribution < -0.4 is 10.6 Å². The van der Waals surface area contributed by atoms with E-state index in [1.807, 2.05) is 49.6 Å². The van der Waals surface area contributed by atoms with Crippen LogP contribution in [0.4, 0.5) is 0 Å². The van der Waals surface area contributed by atoms with Crippen molar-refractivity contribution in [2.45, 2.75) is 26.3 Å². The standard InChI is InChI=1S/C19H22N4O2S/c1-12(2)17(18-21-13-6-3-4-7-14(13)22-18)23-16(24)9-10-20-19(25)15-8-5-11-26-15/h3-8,11-12,17H,9-10H2,1-2H3,(H,20,25)(H,21,22)(H,23,24)/t17-/m0/s1. The van der Waals surface area contributed by atoms with E-state index in [9.17, 15) is 9.59 Å². The quantitative estimate of drug-likeness (QED) is 0.597. The van der Waals surface area contributed by atoms with Crippen molar-refractivity contribution >= 4 is 34.2 Å². The van der Waals surface area contributed by atoms with Gasteiger partial charge in [-0.25, -0.2) is 4.98 Å². The average Bonchev–Trinajstić information content (AvgIpc) is 3.28. The van der Waals surface area contributed by atoms with E-state index in [-0.39, 0.29) is 30.2 Å². The number of H-pyrrole nitrogens is 1. The van der Waals surface area contributed by atoms with Gasteiger partial charge >= 0.3 is 0 Å². The predicted octanol–water partition coefficient (Wildman–Crippen LogP) is 3.26. The molecular formula is C19H22N4O2S. The molecule has 1 atom stereocenters. The Bertz CT molecular complexity index is 853. The van der Waals surface area contributed by atoms with E-state index >= 15 is 0 Å². The van der Waals surface area contributed by atoms with Crippen LogP contribution in [-0.2, 0) is 4.79 Å². The van der Waals surface area contributed by atoms with Gasteiger partial charge in [-0.05, 0) is 29.5 Å². The van der Waals surface area contributed by atoms with Gasteiger partial charge in [0.2, 0.25) is 5.91 Å². The van der Waals surface area contributed by atoms with Crippen LogP contribution in [0.1, 0.15) is 41.8 Å². The molecule has 6 nitrogen and oxygen atoms in total. The summed E-state index contributed by atoms with van der Waals surface area (Å²) < 4.78 is 0. The Labute approximate surface area is 156 Å². The van der Waals surface area contributed by atoms with Gasteiger partial charge in [0, 0.05) is 13.0 Å². The molecule has 2 aromatic heterocycles. The Kier molecular flexibility index (Phi) is 5.68. The van der Waals surface area contributed by atoms with Crippen LogP contribution in [0.5, 0.6) is 0 Å². The Hall–Kier alpha value is -2.67. The monoisotopic (exact) mass is 370 g/mol. The summed E-state index contributed by atoms with van der Waals surface area (Å²) in [6, 6.07) is 11.2. The highest BCUT2D eigenvalue weighted by molar-refractivity contribution is 7.12. The minimum absolute atomic E-state index is 0.115. The number of benzene rings is 1. The van der Waals surface area contributed by atoms with Crippen LogP contribution >= 0.6 is 11.3 Å². The Morgan fingerprint density at radius 2 is 2.00 bits per heavy atom. The summed E-state index contributed by atoms with van der Waals surface area (Å²) in [6.07, 6.45) is 0.223. The highest BCUT2D eigenvalue weighted by atomic mass is 32.1. The third-order valence-corrected chi connectivity index (χ3v) is 4.94. The SMILES string of the molecule is CC(C)[C@H](NC(=O)CCNC(=O)c1cccs1)c1nc2ccccc2[nH]1. The lowest BCUT2D eigenvalue weighted by Crippen LogP contribution is -2.35. The van der Waals surface area contributed by atoms with Gasteiger partial charge in [0.15, 0.2) is 0 Å². The Morgan fingerprint density at radius 3 is 2.69 bits per heavy atom. The maximum Gasteiger partial charge on any atom is 0.261 e. The fourth-order valence-corrected chi connectivity index (χ4v) is 3.34. The summed E-state index contributed by atoms with van der Waals surface area (Å²) in [5, 5.41) is 7.64. The Morgan fingerprint density at radius 1 is 1.19 bits per heavy atom. The molecule has 0 radical (unpaired) electrons. The lowest BCUT2D eigenvalue weighted by atomic mass is 10.0. The number of fused-ring (bicyclic) bond motifs is 1. The number of nitrogens with one attached hydrogen (secondary N) is 3. The number of hydrogen-bond donors (Lipinski definition) is 3. The molecule has 0 aliphatic rings. The maximum absolute atomic E-state index is 12.3. The lowest BCUT2D eigenvalue weighted by molar-refractivity contribution is -0.122. The molecule has 0 spiro atoms. The van der Waals surface area contributed by atoms with Gasteiger partial charge < -0.3 is 15.6 Å². The van der Waals surface area contributed by atoms with Crippen molar-refractivity contribution in [1.29, 1.82) is 0 Å². The zero-order chi connectivity index (χ0) is 18.5. The van der Waals surface area contributed by atoms with Crippen molar-refractivity contribution in [2.24, 2.45) is 5.92 Å². The molecule has 0 saturated heterocycles. The van der Waals surface area contributed by atoms with Crippen molar-refractivity contribution in [2.75, 3.05) is 6.54 Å². The number of carbonyl (C=O) groups is 2. The first-order valence-electron chi connectivity index (χ1n) is 8.60. The molecule has 0 aliphatic carbocycles. The van der Waals surface area contributed by atoms with E-state index in [4.69, 9.17) is 0 Å². The van der Waals surface area contributed by atoms with E-state index < -0.39 is 0 Å². The third-order valence-electron chi connectivity index (χ3n) is 4.07. The second kappa shape index (κ2) is 8.14. The van der Waals surface area contributed by atoms with Crippen molar-refractivity contribution in [3.05, 3.63) is 52.5 Å². The molecule has 0 unspecified atom stereocenters. The average molecular weight is 370 g/mol. The fraction of sp³-hybridized carbons (Fsp3) is 0.316. The molecule has 136 valence electrons. The topological polar surface area (TPSA) is 86.9 Å². The third kappa shape index (κ3) is 4.29. The summed E-state index contributed by atoms with van der Waals surface area (Å²) >= 11 is 1.38. The van der Waals surface area contributed by atoms with Crippen LogP contribution in [0.25, 0.3) is 11.0 Å². The summed E-state index contributed by atoms with van der Waals surface area (Å²) in [4.78, 5) is 32.7. The van der Waals surface area contributed by atoms with Gasteiger partial charge in [-0.2, -0.15) is 0 Å². The van der Waals surface area contributed by atoms with Crippen LogP contribution in [0.2, 0.25) is 0 Å².